The Labute approximate surface area is 157 Å². The zero-order valence-electron chi connectivity index (χ0n) is 13.9. The molecule has 0 radical (unpaired) electrons. The minimum Gasteiger partial charge on any atom is -0.490 e. The summed E-state index contributed by atoms with van der Waals surface area (Å²) in [5, 5.41) is 11.2. The number of halogens is 1. The Morgan fingerprint density at radius 2 is 2.00 bits per heavy atom. The summed E-state index contributed by atoms with van der Waals surface area (Å²) in [5.74, 6) is 0.00670. The predicted molar refractivity (Wildman–Crippen MR) is 101 cm³/mol. The fourth-order valence-corrected chi connectivity index (χ4v) is 4.52. The number of benzene rings is 2. The first-order valence-corrected chi connectivity index (χ1v) is 9.03. The van der Waals surface area contributed by atoms with Crippen molar-refractivity contribution in [2.45, 2.75) is 17.7 Å². The summed E-state index contributed by atoms with van der Waals surface area (Å²) in [5.41, 5.74) is 7.40. The smallest absolute Gasteiger partial charge is 0.312 e. The number of nitro groups is 1. The standard InChI is InChI=1S/C16H17N3O5S.ClH/c1-24-16-8-7-11(10-15(16)19(20)21)25(22,23)18-9-3-4-12-13(17)5-2-6-14(12)18;/h2,5-8,10H,3-4,9,17H2,1H3;1H. The number of sulfonamides is 1. The van der Waals surface area contributed by atoms with Crippen molar-refractivity contribution in [3.8, 4) is 5.75 Å². The topological polar surface area (TPSA) is 116 Å². The van der Waals surface area contributed by atoms with Gasteiger partial charge in [0.2, 0.25) is 0 Å². The fraction of sp³-hybridized carbons (Fsp3) is 0.250. The monoisotopic (exact) mass is 399 g/mol. The molecule has 0 saturated carbocycles. The molecule has 1 aliphatic heterocycles. The summed E-state index contributed by atoms with van der Waals surface area (Å²) in [7, 11) is -2.66. The molecule has 10 heteroatoms. The van der Waals surface area contributed by atoms with Gasteiger partial charge in [0.1, 0.15) is 0 Å². The highest BCUT2D eigenvalue weighted by molar-refractivity contribution is 7.92. The van der Waals surface area contributed by atoms with Crippen LogP contribution < -0.4 is 14.8 Å². The summed E-state index contributed by atoms with van der Waals surface area (Å²) >= 11 is 0. The van der Waals surface area contributed by atoms with Crippen LogP contribution in [0.4, 0.5) is 17.1 Å². The molecule has 1 heterocycles. The molecular formula is C16H18ClN3O5S. The van der Waals surface area contributed by atoms with E-state index in [1.807, 2.05) is 0 Å². The van der Waals surface area contributed by atoms with Crippen LogP contribution in [0.3, 0.4) is 0 Å². The van der Waals surface area contributed by atoms with Gasteiger partial charge in [-0.2, -0.15) is 0 Å². The number of fused-ring (bicyclic) bond motifs is 1. The molecule has 0 fully saturated rings. The molecule has 2 aromatic rings. The van der Waals surface area contributed by atoms with Gasteiger partial charge in [0, 0.05) is 18.3 Å². The van der Waals surface area contributed by atoms with Gasteiger partial charge in [-0.15, -0.1) is 12.4 Å². The third-order valence-corrected chi connectivity index (χ3v) is 5.99. The number of nitrogen functional groups attached to an aromatic ring is 1. The predicted octanol–water partition coefficient (Wildman–Crippen LogP) is 2.75. The number of nitrogens with two attached hydrogens (primary N) is 1. The molecule has 1 aliphatic rings. The molecule has 8 nitrogen and oxygen atoms in total. The number of nitro benzene ring substituents is 1. The van der Waals surface area contributed by atoms with Gasteiger partial charge in [-0.25, -0.2) is 8.42 Å². The van der Waals surface area contributed by atoms with Gasteiger partial charge in [-0.05, 0) is 42.7 Å². The number of hydrogen-bond acceptors (Lipinski definition) is 6. The zero-order valence-corrected chi connectivity index (χ0v) is 15.5. The summed E-state index contributed by atoms with van der Waals surface area (Å²) in [6.45, 7) is 0.290. The van der Waals surface area contributed by atoms with Gasteiger partial charge < -0.3 is 10.5 Å². The van der Waals surface area contributed by atoms with E-state index >= 15 is 0 Å². The van der Waals surface area contributed by atoms with Crippen LogP contribution in [0.1, 0.15) is 12.0 Å². The van der Waals surface area contributed by atoms with Crippen LogP contribution >= 0.6 is 12.4 Å². The van der Waals surface area contributed by atoms with Crippen LogP contribution in [-0.2, 0) is 16.4 Å². The molecular weight excluding hydrogens is 382 g/mol. The average Bonchev–Trinajstić information content (AvgIpc) is 2.61. The first kappa shape index (κ1) is 19.8. The lowest BCUT2D eigenvalue weighted by molar-refractivity contribution is -0.386. The molecule has 26 heavy (non-hydrogen) atoms. The minimum atomic E-state index is -3.96. The molecule has 0 aromatic heterocycles. The Kier molecular flexibility index (Phi) is 5.62. The van der Waals surface area contributed by atoms with Crippen molar-refractivity contribution in [2.24, 2.45) is 0 Å². The second kappa shape index (κ2) is 7.38. The van der Waals surface area contributed by atoms with Crippen molar-refractivity contribution in [2.75, 3.05) is 23.7 Å². The van der Waals surface area contributed by atoms with Crippen molar-refractivity contribution >= 4 is 39.5 Å². The lowest BCUT2D eigenvalue weighted by atomic mass is 10.0. The quantitative estimate of drug-likeness (QED) is 0.480. The number of ether oxygens (including phenoxy) is 1. The van der Waals surface area contributed by atoms with E-state index in [2.05, 4.69) is 0 Å². The highest BCUT2D eigenvalue weighted by atomic mass is 35.5. The maximum atomic E-state index is 13.1. The summed E-state index contributed by atoms with van der Waals surface area (Å²) in [6.07, 6.45) is 1.31. The number of anilines is 2. The van der Waals surface area contributed by atoms with E-state index in [0.29, 0.717) is 30.8 Å². The number of nitrogens with zero attached hydrogens (tertiary/aromatic N) is 2. The summed E-state index contributed by atoms with van der Waals surface area (Å²) < 4.78 is 32.3. The third kappa shape index (κ3) is 3.27. The highest BCUT2D eigenvalue weighted by Crippen LogP contribution is 2.37. The second-order valence-corrected chi connectivity index (χ2v) is 7.48. The molecule has 0 spiro atoms. The van der Waals surface area contributed by atoms with Crippen molar-refractivity contribution in [3.05, 3.63) is 52.1 Å². The van der Waals surface area contributed by atoms with Crippen LogP contribution in [-0.4, -0.2) is 27.0 Å². The largest absolute Gasteiger partial charge is 0.490 e. The van der Waals surface area contributed by atoms with E-state index in [-0.39, 0.29) is 23.1 Å². The van der Waals surface area contributed by atoms with Crippen molar-refractivity contribution < 1.29 is 18.1 Å². The van der Waals surface area contributed by atoms with Crippen LogP contribution in [0.25, 0.3) is 0 Å². The second-order valence-electron chi connectivity index (χ2n) is 5.62. The Morgan fingerprint density at radius 3 is 2.65 bits per heavy atom. The number of rotatable bonds is 4. The van der Waals surface area contributed by atoms with Crippen LogP contribution in [0.15, 0.2) is 41.3 Å². The lowest BCUT2D eigenvalue weighted by Gasteiger charge is -2.31. The first-order chi connectivity index (χ1) is 11.9. The highest BCUT2D eigenvalue weighted by Gasteiger charge is 2.31. The fourth-order valence-electron chi connectivity index (χ4n) is 2.97. The summed E-state index contributed by atoms with van der Waals surface area (Å²) in [4.78, 5) is 10.4. The molecule has 0 aliphatic carbocycles. The van der Waals surface area contributed by atoms with E-state index in [1.165, 1.54) is 23.5 Å². The minimum absolute atomic E-state index is 0. The Morgan fingerprint density at radius 1 is 1.27 bits per heavy atom. The van der Waals surface area contributed by atoms with E-state index in [0.717, 1.165) is 11.6 Å². The van der Waals surface area contributed by atoms with Gasteiger partial charge in [-0.1, -0.05) is 6.07 Å². The number of hydrogen-bond donors (Lipinski definition) is 1. The molecule has 3 rings (SSSR count). The van der Waals surface area contributed by atoms with Gasteiger partial charge in [0.25, 0.3) is 10.0 Å². The molecule has 0 bridgehead atoms. The Bertz CT molecular complexity index is 949. The molecule has 2 N–H and O–H groups in total. The first-order valence-electron chi connectivity index (χ1n) is 7.59. The third-order valence-electron chi connectivity index (χ3n) is 4.18. The van der Waals surface area contributed by atoms with Crippen LogP contribution in [0, 0.1) is 10.1 Å². The van der Waals surface area contributed by atoms with Crippen LogP contribution in [0.5, 0.6) is 5.75 Å². The van der Waals surface area contributed by atoms with Gasteiger partial charge in [0.05, 0.1) is 22.6 Å². The van der Waals surface area contributed by atoms with E-state index in [9.17, 15) is 18.5 Å². The van der Waals surface area contributed by atoms with E-state index < -0.39 is 20.6 Å². The molecule has 0 amide bonds. The molecule has 0 unspecified atom stereocenters. The maximum absolute atomic E-state index is 13.1. The van der Waals surface area contributed by atoms with Gasteiger partial charge in [0.15, 0.2) is 5.75 Å². The van der Waals surface area contributed by atoms with E-state index in [4.69, 9.17) is 10.5 Å². The zero-order chi connectivity index (χ0) is 18.2. The van der Waals surface area contributed by atoms with Crippen LogP contribution in [0.2, 0.25) is 0 Å². The average molecular weight is 400 g/mol. The number of methoxy groups -OCH3 is 1. The van der Waals surface area contributed by atoms with E-state index in [1.54, 1.807) is 18.2 Å². The van der Waals surface area contributed by atoms with Gasteiger partial charge in [-0.3, -0.25) is 14.4 Å². The van der Waals surface area contributed by atoms with Crippen molar-refractivity contribution in [3.63, 3.8) is 0 Å². The normalized spacial score (nSPS) is 13.5. The Balaban J connectivity index is 0.00000243. The van der Waals surface area contributed by atoms with Crippen molar-refractivity contribution in [1.82, 2.24) is 0 Å². The van der Waals surface area contributed by atoms with Gasteiger partial charge >= 0.3 is 5.69 Å². The molecule has 0 saturated heterocycles. The molecule has 0 atom stereocenters. The SMILES string of the molecule is COc1ccc(S(=O)(=O)N2CCCc3c(N)cccc32)cc1[N+](=O)[O-].Cl. The molecule has 2 aromatic carbocycles. The Hall–Kier alpha value is -2.52. The maximum Gasteiger partial charge on any atom is 0.312 e. The lowest BCUT2D eigenvalue weighted by Crippen LogP contribution is -2.35. The van der Waals surface area contributed by atoms with Crippen molar-refractivity contribution in [1.29, 1.82) is 0 Å². The summed E-state index contributed by atoms with van der Waals surface area (Å²) in [6, 6.07) is 8.73. The molecule has 140 valence electrons.